The maximum atomic E-state index is 14.2. The van der Waals surface area contributed by atoms with Gasteiger partial charge in [-0.25, -0.2) is 26.2 Å². The van der Waals surface area contributed by atoms with Crippen LogP contribution in [0.2, 0.25) is 0 Å². The van der Waals surface area contributed by atoms with Crippen molar-refractivity contribution in [1.29, 1.82) is 0 Å². The normalized spacial score (nSPS) is 22.5. The van der Waals surface area contributed by atoms with E-state index in [1.807, 2.05) is 71.7 Å². The molecular formula is C46H50N8O4S2. The number of aryl methyl sites for hydroxylation is 2. The number of rotatable bonds is 7. The predicted octanol–water partition coefficient (Wildman–Crippen LogP) is 8.64. The van der Waals surface area contributed by atoms with Gasteiger partial charge in [0.2, 0.25) is 20.0 Å². The Hall–Kier alpha value is -5.02. The summed E-state index contributed by atoms with van der Waals surface area (Å²) in [6.07, 6.45) is 9.49. The SMILES string of the molecule is Cc1ccc(S(=O)(=O)N2Cc3c(-c4ccc(-c5ccc(-c6nnn7c6CN(S(=O)(=O)c6ccc(C)cc6)[C@H]6CCCCC[C@@H]67)cc5)cc4)nnn3[C@@H]3CCCCC[C@H]32)cc1. The summed E-state index contributed by atoms with van der Waals surface area (Å²) >= 11 is 0. The second-order valence-electron chi connectivity index (χ2n) is 17.1. The smallest absolute Gasteiger partial charge is 0.243 e. The summed E-state index contributed by atoms with van der Waals surface area (Å²) in [5, 5.41) is 18.7. The van der Waals surface area contributed by atoms with Gasteiger partial charge >= 0.3 is 0 Å². The molecule has 4 aromatic carbocycles. The largest absolute Gasteiger partial charge is 0.243 e. The lowest BCUT2D eigenvalue weighted by Gasteiger charge is -2.40. The number of aromatic nitrogens is 6. The molecule has 0 unspecified atom stereocenters. The molecule has 0 bridgehead atoms. The highest BCUT2D eigenvalue weighted by molar-refractivity contribution is 7.89. The van der Waals surface area contributed by atoms with Crippen LogP contribution in [0.3, 0.4) is 0 Å². The number of hydrogen-bond donors (Lipinski definition) is 0. The van der Waals surface area contributed by atoms with Crippen LogP contribution in [0.1, 0.15) is 98.8 Å². The molecule has 10 rings (SSSR count). The van der Waals surface area contributed by atoms with Crippen molar-refractivity contribution in [3.63, 3.8) is 0 Å². The Morgan fingerprint density at radius 3 is 1.13 bits per heavy atom. The van der Waals surface area contributed by atoms with Crippen molar-refractivity contribution in [3.8, 4) is 33.6 Å². The zero-order valence-electron chi connectivity index (χ0n) is 34.1. The minimum atomic E-state index is -3.76. The molecule has 2 fully saturated rings. The molecule has 0 amide bonds. The van der Waals surface area contributed by atoms with Crippen LogP contribution < -0.4 is 0 Å². The van der Waals surface area contributed by atoms with Gasteiger partial charge in [0, 0.05) is 23.2 Å². The maximum absolute atomic E-state index is 14.2. The van der Waals surface area contributed by atoms with Gasteiger partial charge in [-0.2, -0.15) is 8.61 Å². The summed E-state index contributed by atoms with van der Waals surface area (Å²) in [7, 11) is -7.51. The molecule has 0 saturated heterocycles. The molecule has 4 aliphatic rings. The molecule has 2 aliphatic carbocycles. The Balaban J connectivity index is 0.926. The first-order chi connectivity index (χ1) is 29.1. The van der Waals surface area contributed by atoms with Crippen molar-refractivity contribution >= 4 is 20.0 Å². The average Bonchev–Trinajstić information content (AvgIpc) is 3.69. The predicted molar refractivity (Wildman–Crippen MR) is 230 cm³/mol. The summed E-state index contributed by atoms with van der Waals surface area (Å²) in [6.45, 7) is 4.35. The van der Waals surface area contributed by atoms with Gasteiger partial charge in [-0.1, -0.05) is 133 Å². The van der Waals surface area contributed by atoms with Gasteiger partial charge in [0.1, 0.15) is 11.4 Å². The summed E-state index contributed by atoms with van der Waals surface area (Å²) in [6, 6.07) is 30.2. The Morgan fingerprint density at radius 1 is 0.433 bits per heavy atom. The quantitative estimate of drug-likeness (QED) is 0.156. The summed E-state index contributed by atoms with van der Waals surface area (Å²) in [5.74, 6) is 0. The first-order valence-corrected chi connectivity index (χ1v) is 24.2. The van der Waals surface area contributed by atoms with E-state index in [0.29, 0.717) is 21.2 Å². The Morgan fingerprint density at radius 2 is 0.767 bits per heavy atom. The molecule has 0 radical (unpaired) electrons. The van der Waals surface area contributed by atoms with Crippen molar-refractivity contribution < 1.29 is 16.8 Å². The van der Waals surface area contributed by atoms with E-state index in [9.17, 15) is 16.8 Å². The number of sulfonamides is 2. The highest BCUT2D eigenvalue weighted by atomic mass is 32.2. The van der Waals surface area contributed by atoms with Crippen molar-refractivity contribution in [2.75, 3.05) is 0 Å². The molecular weight excluding hydrogens is 793 g/mol. The van der Waals surface area contributed by atoms with E-state index in [-0.39, 0.29) is 37.3 Å². The molecule has 2 aromatic heterocycles. The molecule has 2 aliphatic heterocycles. The molecule has 310 valence electrons. The van der Waals surface area contributed by atoms with Crippen LogP contribution in [0.15, 0.2) is 107 Å². The standard InChI is InChI=1S/C46H50N8O4S2/c1-31-13-25-37(26-14-31)59(55,56)51-29-43-45(47-49-53(43)41-11-7-3-5-9-39(41)51)35-21-17-33(18-22-35)34-19-23-36(24-20-34)46-44-30-52(60(57,58)38-27-15-32(2)16-28-38)40-10-6-4-8-12-42(40)54(44)50-48-46/h13-28,39-42H,3-12,29-30H2,1-2H3/t39-,40+,41-,42+. The molecule has 0 N–H and O–H groups in total. The highest BCUT2D eigenvalue weighted by Gasteiger charge is 2.45. The van der Waals surface area contributed by atoms with Crippen LogP contribution in [0.5, 0.6) is 0 Å². The molecule has 6 aromatic rings. The summed E-state index contributed by atoms with van der Waals surface area (Å²) in [4.78, 5) is 0.638. The molecule has 14 heteroatoms. The van der Waals surface area contributed by atoms with E-state index < -0.39 is 20.0 Å². The summed E-state index contributed by atoms with van der Waals surface area (Å²) in [5.41, 5.74) is 8.89. The molecule has 0 spiro atoms. The van der Waals surface area contributed by atoms with Crippen molar-refractivity contribution in [2.24, 2.45) is 0 Å². The van der Waals surface area contributed by atoms with E-state index in [1.54, 1.807) is 32.9 Å². The third kappa shape index (κ3) is 6.81. The lowest BCUT2D eigenvalue weighted by Crippen LogP contribution is -2.49. The van der Waals surface area contributed by atoms with Crippen molar-refractivity contribution in [3.05, 3.63) is 120 Å². The van der Waals surface area contributed by atoms with Gasteiger partial charge < -0.3 is 0 Å². The van der Waals surface area contributed by atoms with E-state index >= 15 is 0 Å². The zero-order valence-corrected chi connectivity index (χ0v) is 35.7. The topological polar surface area (TPSA) is 136 Å². The summed E-state index contributed by atoms with van der Waals surface area (Å²) < 4.78 is 64.4. The minimum absolute atomic E-state index is 0.0686. The fourth-order valence-electron chi connectivity index (χ4n) is 10.1. The number of hydrogen-bond acceptors (Lipinski definition) is 8. The third-order valence-electron chi connectivity index (χ3n) is 13.4. The number of nitrogens with zero attached hydrogens (tertiary/aromatic N) is 8. The van der Waals surface area contributed by atoms with Crippen LogP contribution in [0.4, 0.5) is 0 Å². The molecule has 60 heavy (non-hydrogen) atoms. The Bertz CT molecular complexity index is 2560. The van der Waals surface area contributed by atoms with Crippen molar-refractivity contribution in [2.45, 2.75) is 125 Å². The minimum Gasteiger partial charge on any atom is -0.243 e. The van der Waals surface area contributed by atoms with Crippen LogP contribution in [0, 0.1) is 13.8 Å². The molecule has 12 nitrogen and oxygen atoms in total. The number of benzene rings is 4. The molecule has 4 atom stereocenters. The van der Waals surface area contributed by atoms with E-state index in [2.05, 4.69) is 44.9 Å². The van der Waals surface area contributed by atoms with Gasteiger partial charge in [-0.05, 0) is 74.9 Å². The van der Waals surface area contributed by atoms with E-state index in [1.165, 1.54) is 0 Å². The Labute approximate surface area is 352 Å². The van der Waals surface area contributed by atoms with Gasteiger partial charge in [-0.15, -0.1) is 10.2 Å². The molecule has 4 heterocycles. The third-order valence-corrected chi connectivity index (χ3v) is 17.1. The second-order valence-corrected chi connectivity index (χ2v) is 20.9. The van der Waals surface area contributed by atoms with E-state index in [4.69, 9.17) is 0 Å². The molecule has 2 saturated carbocycles. The first-order valence-electron chi connectivity index (χ1n) is 21.3. The van der Waals surface area contributed by atoms with Crippen LogP contribution >= 0.6 is 0 Å². The Kier molecular flexibility index (Phi) is 10.1. The fraction of sp³-hybridized carbons (Fsp3) is 0.391. The van der Waals surface area contributed by atoms with Crippen LogP contribution in [-0.4, -0.2) is 67.5 Å². The van der Waals surface area contributed by atoms with Gasteiger partial charge in [-0.3, -0.25) is 0 Å². The second kappa shape index (κ2) is 15.5. The van der Waals surface area contributed by atoms with Gasteiger partial charge in [0.25, 0.3) is 0 Å². The fourth-order valence-corrected chi connectivity index (χ4v) is 13.4. The average molecular weight is 843 g/mol. The van der Waals surface area contributed by atoms with E-state index in [0.717, 1.165) is 109 Å². The maximum Gasteiger partial charge on any atom is 0.243 e. The highest BCUT2D eigenvalue weighted by Crippen LogP contribution is 2.43. The van der Waals surface area contributed by atoms with Crippen LogP contribution in [0.25, 0.3) is 33.6 Å². The monoisotopic (exact) mass is 842 g/mol. The van der Waals surface area contributed by atoms with Gasteiger partial charge in [0.05, 0.1) is 46.4 Å². The van der Waals surface area contributed by atoms with Gasteiger partial charge in [0.15, 0.2) is 0 Å². The first kappa shape index (κ1) is 39.1. The lowest BCUT2D eigenvalue weighted by molar-refractivity contribution is 0.166. The van der Waals surface area contributed by atoms with Crippen LogP contribution in [-0.2, 0) is 33.1 Å². The number of fused-ring (bicyclic) bond motifs is 6. The lowest BCUT2D eigenvalue weighted by atomic mass is 9.97. The van der Waals surface area contributed by atoms with Crippen molar-refractivity contribution in [1.82, 2.24) is 38.6 Å². The zero-order chi connectivity index (χ0) is 41.2.